The first kappa shape index (κ1) is 9.19. The monoisotopic (exact) mass is 188 g/mol. The predicted octanol–water partition coefficient (Wildman–Crippen LogP) is 1.70. The van der Waals surface area contributed by atoms with Gasteiger partial charge in [0, 0.05) is 0 Å². The highest BCUT2D eigenvalue weighted by Crippen LogP contribution is 2.15. The average molecular weight is 188 g/mol. The van der Waals surface area contributed by atoms with Gasteiger partial charge in [0.1, 0.15) is 0 Å². The van der Waals surface area contributed by atoms with Crippen LogP contribution in [0.4, 0.5) is 4.39 Å². The number of rotatable bonds is 2. The molecule has 1 aromatic rings. The fourth-order valence-corrected chi connectivity index (χ4v) is 1.93. The lowest BCUT2D eigenvalue weighted by Gasteiger charge is -2.02. The minimum atomic E-state index is -3.70. The van der Waals surface area contributed by atoms with Crippen molar-refractivity contribution in [2.45, 2.75) is 11.8 Å². The van der Waals surface area contributed by atoms with Gasteiger partial charge in [0.05, 0.1) is 4.90 Å². The molecule has 0 aliphatic rings. The van der Waals surface area contributed by atoms with E-state index in [0.717, 1.165) is 0 Å². The van der Waals surface area contributed by atoms with Gasteiger partial charge < -0.3 is 0 Å². The Hall–Kier alpha value is -0.900. The van der Waals surface area contributed by atoms with Crippen molar-refractivity contribution in [3.8, 4) is 0 Å². The standard InChI is InChI=1S/C8H9FO2S/c1-7-4-2-3-5-8(7)12(10,11)6-9/h2-5H,6H2,1H3. The molecule has 0 spiro atoms. The van der Waals surface area contributed by atoms with Crippen LogP contribution in [0.5, 0.6) is 0 Å². The van der Waals surface area contributed by atoms with E-state index < -0.39 is 15.8 Å². The van der Waals surface area contributed by atoms with E-state index in [9.17, 15) is 12.8 Å². The zero-order valence-corrected chi connectivity index (χ0v) is 7.44. The van der Waals surface area contributed by atoms with Gasteiger partial charge in [-0.15, -0.1) is 0 Å². The summed E-state index contributed by atoms with van der Waals surface area (Å²) in [5.74, 6) is 0. The molecule has 0 bridgehead atoms. The van der Waals surface area contributed by atoms with Crippen LogP contribution in [0.1, 0.15) is 5.56 Å². The van der Waals surface area contributed by atoms with Crippen molar-refractivity contribution in [1.29, 1.82) is 0 Å². The topological polar surface area (TPSA) is 34.1 Å². The Kier molecular flexibility index (Phi) is 2.47. The van der Waals surface area contributed by atoms with E-state index in [4.69, 9.17) is 0 Å². The minimum Gasteiger partial charge on any atom is -0.233 e. The minimum absolute atomic E-state index is 0.0764. The van der Waals surface area contributed by atoms with Crippen LogP contribution >= 0.6 is 0 Å². The number of halogens is 1. The van der Waals surface area contributed by atoms with Crippen LogP contribution in [0, 0.1) is 6.92 Å². The van der Waals surface area contributed by atoms with Crippen molar-refractivity contribution in [3.05, 3.63) is 29.8 Å². The van der Waals surface area contributed by atoms with Crippen LogP contribution in [0.3, 0.4) is 0 Å². The van der Waals surface area contributed by atoms with Gasteiger partial charge in [-0.3, -0.25) is 0 Å². The maximum atomic E-state index is 12.0. The molecule has 1 rings (SSSR count). The molecule has 0 amide bonds. The summed E-state index contributed by atoms with van der Waals surface area (Å²) in [5.41, 5.74) is 0.579. The molecule has 0 saturated heterocycles. The van der Waals surface area contributed by atoms with E-state index in [1.54, 1.807) is 25.1 Å². The molecule has 4 heteroatoms. The van der Waals surface area contributed by atoms with Crippen LogP contribution in [0.15, 0.2) is 29.2 Å². The highest BCUT2D eigenvalue weighted by molar-refractivity contribution is 7.91. The molecule has 0 saturated carbocycles. The van der Waals surface area contributed by atoms with Crippen LogP contribution in [0.2, 0.25) is 0 Å². The zero-order valence-electron chi connectivity index (χ0n) is 6.62. The number of hydrogen-bond donors (Lipinski definition) is 0. The molecule has 0 N–H and O–H groups in total. The van der Waals surface area contributed by atoms with Crippen molar-refractivity contribution in [2.75, 3.05) is 6.01 Å². The lowest BCUT2D eigenvalue weighted by atomic mass is 10.2. The Morgan fingerprint density at radius 3 is 2.42 bits per heavy atom. The number of aryl methyl sites for hydroxylation is 1. The summed E-state index contributed by atoms with van der Waals surface area (Å²) in [6.45, 7) is 1.64. The lowest BCUT2D eigenvalue weighted by Crippen LogP contribution is -2.04. The van der Waals surface area contributed by atoms with Gasteiger partial charge in [-0.05, 0) is 18.6 Å². The first-order valence-electron chi connectivity index (χ1n) is 3.42. The van der Waals surface area contributed by atoms with E-state index in [2.05, 4.69) is 0 Å². The van der Waals surface area contributed by atoms with E-state index in [1.807, 2.05) is 0 Å². The molecule has 1 aromatic carbocycles. The third-order valence-corrected chi connectivity index (χ3v) is 2.99. The molecule has 0 fully saturated rings. The van der Waals surface area contributed by atoms with E-state index in [1.165, 1.54) is 6.07 Å². The average Bonchev–Trinajstić information content (AvgIpc) is 2.05. The smallest absolute Gasteiger partial charge is 0.207 e. The second-order valence-electron chi connectivity index (χ2n) is 2.49. The molecule has 0 aromatic heterocycles. The molecule has 0 atom stereocenters. The van der Waals surface area contributed by atoms with Gasteiger partial charge >= 0.3 is 0 Å². The van der Waals surface area contributed by atoms with Crippen molar-refractivity contribution < 1.29 is 12.8 Å². The summed E-state index contributed by atoms with van der Waals surface area (Å²) in [5, 5.41) is 0. The van der Waals surface area contributed by atoms with Crippen LogP contribution in [0.25, 0.3) is 0 Å². The lowest BCUT2D eigenvalue weighted by molar-refractivity contribution is 0.534. The normalized spacial score (nSPS) is 11.5. The molecule has 0 radical (unpaired) electrons. The van der Waals surface area contributed by atoms with E-state index in [-0.39, 0.29) is 4.90 Å². The SMILES string of the molecule is Cc1ccccc1S(=O)(=O)CF. The van der Waals surface area contributed by atoms with Gasteiger partial charge in [0.25, 0.3) is 0 Å². The summed E-state index contributed by atoms with van der Waals surface area (Å²) in [6, 6.07) is 5.01. The Bertz CT molecular complexity index is 370. The second kappa shape index (κ2) is 3.23. The van der Waals surface area contributed by atoms with Crippen LogP contribution in [-0.2, 0) is 9.84 Å². The third-order valence-electron chi connectivity index (χ3n) is 1.57. The van der Waals surface area contributed by atoms with Crippen molar-refractivity contribution in [3.63, 3.8) is 0 Å². The largest absolute Gasteiger partial charge is 0.233 e. The summed E-state index contributed by atoms with van der Waals surface area (Å²) < 4.78 is 34.1. The van der Waals surface area contributed by atoms with Crippen molar-refractivity contribution in [1.82, 2.24) is 0 Å². The third kappa shape index (κ3) is 1.64. The van der Waals surface area contributed by atoms with E-state index >= 15 is 0 Å². The zero-order chi connectivity index (χ0) is 9.19. The Labute approximate surface area is 71.0 Å². The maximum Gasteiger partial charge on any atom is 0.207 e. The molecular formula is C8H9FO2S. The van der Waals surface area contributed by atoms with Gasteiger partial charge in [0.15, 0.2) is 6.01 Å². The highest BCUT2D eigenvalue weighted by Gasteiger charge is 2.14. The summed E-state index contributed by atoms with van der Waals surface area (Å²) >= 11 is 0. The summed E-state index contributed by atoms with van der Waals surface area (Å²) in [6.07, 6.45) is 0. The maximum absolute atomic E-state index is 12.0. The molecule has 0 aliphatic carbocycles. The number of sulfone groups is 1. The second-order valence-corrected chi connectivity index (χ2v) is 4.38. The highest BCUT2D eigenvalue weighted by atomic mass is 32.2. The first-order chi connectivity index (χ1) is 5.58. The Balaban J connectivity index is 3.30. The number of benzene rings is 1. The fourth-order valence-electron chi connectivity index (χ4n) is 0.964. The molecule has 2 nitrogen and oxygen atoms in total. The first-order valence-corrected chi connectivity index (χ1v) is 5.07. The van der Waals surface area contributed by atoms with Crippen LogP contribution in [-0.4, -0.2) is 14.4 Å². The molecule has 12 heavy (non-hydrogen) atoms. The number of alkyl halides is 1. The molecule has 0 aliphatic heterocycles. The van der Waals surface area contributed by atoms with Crippen molar-refractivity contribution in [2.24, 2.45) is 0 Å². The predicted molar refractivity (Wildman–Crippen MR) is 44.3 cm³/mol. The van der Waals surface area contributed by atoms with Crippen molar-refractivity contribution >= 4 is 9.84 Å². The summed E-state index contributed by atoms with van der Waals surface area (Å²) in [4.78, 5) is 0.0764. The molecule has 0 heterocycles. The van der Waals surface area contributed by atoms with Crippen LogP contribution < -0.4 is 0 Å². The van der Waals surface area contributed by atoms with E-state index in [0.29, 0.717) is 5.56 Å². The Morgan fingerprint density at radius 1 is 1.33 bits per heavy atom. The molecular weight excluding hydrogens is 179 g/mol. The number of hydrogen-bond acceptors (Lipinski definition) is 2. The Morgan fingerprint density at radius 2 is 1.92 bits per heavy atom. The fraction of sp³-hybridized carbons (Fsp3) is 0.250. The molecule has 66 valence electrons. The van der Waals surface area contributed by atoms with Gasteiger partial charge in [-0.25, -0.2) is 12.8 Å². The van der Waals surface area contributed by atoms with Gasteiger partial charge in [-0.2, -0.15) is 0 Å². The summed E-state index contributed by atoms with van der Waals surface area (Å²) in [7, 11) is -3.70. The van der Waals surface area contributed by atoms with Gasteiger partial charge in [-0.1, -0.05) is 18.2 Å². The molecule has 0 unspecified atom stereocenters. The van der Waals surface area contributed by atoms with Gasteiger partial charge in [0.2, 0.25) is 9.84 Å². The quantitative estimate of drug-likeness (QED) is 0.707.